The number of benzene rings is 2. The molecule has 0 heteroatoms. The molecule has 94 valence electrons. The fourth-order valence-corrected chi connectivity index (χ4v) is 3.27. The van der Waals surface area contributed by atoms with E-state index in [1.54, 1.807) is 11.1 Å². The van der Waals surface area contributed by atoms with Crippen LogP contribution in [0.4, 0.5) is 0 Å². The van der Waals surface area contributed by atoms with Crippen LogP contribution in [-0.4, -0.2) is 0 Å². The summed E-state index contributed by atoms with van der Waals surface area (Å²) in [7, 11) is 0. The number of hydrogen-bond acceptors (Lipinski definition) is 0. The van der Waals surface area contributed by atoms with Gasteiger partial charge in [-0.1, -0.05) is 62.6 Å². The third-order valence-corrected chi connectivity index (χ3v) is 4.36. The van der Waals surface area contributed by atoms with Gasteiger partial charge < -0.3 is 0 Å². The molecule has 1 atom stereocenters. The summed E-state index contributed by atoms with van der Waals surface area (Å²) < 4.78 is 0. The van der Waals surface area contributed by atoms with Gasteiger partial charge in [0.05, 0.1) is 0 Å². The maximum absolute atomic E-state index is 2.43. The van der Waals surface area contributed by atoms with E-state index in [0.29, 0.717) is 0 Å². The molecular formula is C18H22. The van der Waals surface area contributed by atoms with Gasteiger partial charge in [-0.2, -0.15) is 0 Å². The van der Waals surface area contributed by atoms with Crippen LogP contribution in [0.5, 0.6) is 0 Å². The van der Waals surface area contributed by atoms with E-state index in [2.05, 4.69) is 43.3 Å². The van der Waals surface area contributed by atoms with E-state index >= 15 is 0 Å². The minimum absolute atomic E-state index is 0.929. The quantitative estimate of drug-likeness (QED) is 0.695. The van der Waals surface area contributed by atoms with E-state index in [0.717, 1.165) is 5.92 Å². The summed E-state index contributed by atoms with van der Waals surface area (Å²) in [5.41, 5.74) is 3.21. The zero-order chi connectivity index (χ0) is 12.4. The van der Waals surface area contributed by atoms with E-state index in [9.17, 15) is 0 Å². The summed E-state index contributed by atoms with van der Waals surface area (Å²) in [6, 6.07) is 13.6. The normalized spacial score (nSPS) is 18.8. The first kappa shape index (κ1) is 11.8. The van der Waals surface area contributed by atoms with Crippen molar-refractivity contribution in [2.45, 2.75) is 45.4 Å². The molecule has 1 aliphatic carbocycles. The summed E-state index contributed by atoms with van der Waals surface area (Å²) in [5.74, 6) is 0.929. The molecule has 2 aromatic carbocycles. The van der Waals surface area contributed by atoms with Crippen LogP contribution in [0.1, 0.15) is 43.7 Å². The Morgan fingerprint density at radius 1 is 1.06 bits per heavy atom. The van der Waals surface area contributed by atoms with Gasteiger partial charge in [0.25, 0.3) is 0 Å². The average Bonchev–Trinajstić information content (AvgIpc) is 2.42. The third-order valence-electron chi connectivity index (χ3n) is 4.36. The van der Waals surface area contributed by atoms with Crippen LogP contribution in [0.15, 0.2) is 36.4 Å². The molecule has 0 bridgehead atoms. The Labute approximate surface area is 110 Å². The molecule has 0 radical (unpaired) electrons. The number of fused-ring (bicyclic) bond motifs is 2. The maximum Gasteiger partial charge on any atom is -0.0181 e. The van der Waals surface area contributed by atoms with Crippen molar-refractivity contribution in [3.8, 4) is 0 Å². The highest BCUT2D eigenvalue weighted by molar-refractivity contribution is 5.84. The van der Waals surface area contributed by atoms with Gasteiger partial charge in [0.2, 0.25) is 0 Å². The topological polar surface area (TPSA) is 0 Å². The minimum atomic E-state index is 0.929. The first-order chi connectivity index (χ1) is 8.86. The summed E-state index contributed by atoms with van der Waals surface area (Å²) in [6.45, 7) is 2.30. The van der Waals surface area contributed by atoms with E-state index in [1.165, 1.54) is 49.3 Å². The molecule has 3 rings (SSSR count). The van der Waals surface area contributed by atoms with Crippen LogP contribution in [0.25, 0.3) is 10.8 Å². The highest BCUT2D eigenvalue weighted by atomic mass is 14.2. The van der Waals surface area contributed by atoms with Gasteiger partial charge in [0.15, 0.2) is 0 Å². The highest BCUT2D eigenvalue weighted by Crippen LogP contribution is 2.31. The van der Waals surface area contributed by atoms with Crippen molar-refractivity contribution in [1.82, 2.24) is 0 Å². The number of rotatable bonds is 3. The van der Waals surface area contributed by atoms with Crippen molar-refractivity contribution in [2.24, 2.45) is 5.92 Å². The van der Waals surface area contributed by atoms with Gasteiger partial charge in [-0.05, 0) is 47.1 Å². The van der Waals surface area contributed by atoms with E-state index < -0.39 is 0 Å². The fourth-order valence-electron chi connectivity index (χ4n) is 3.27. The SMILES string of the molecule is CCCCC1CCc2cc3ccccc3cc2C1. The molecule has 2 aromatic rings. The first-order valence-corrected chi connectivity index (χ1v) is 7.37. The molecule has 0 nitrogen and oxygen atoms in total. The van der Waals surface area contributed by atoms with E-state index in [-0.39, 0.29) is 0 Å². The van der Waals surface area contributed by atoms with Crippen LogP contribution in [0.2, 0.25) is 0 Å². The Morgan fingerprint density at radius 2 is 1.78 bits per heavy atom. The molecule has 1 aliphatic rings. The second kappa shape index (κ2) is 5.14. The van der Waals surface area contributed by atoms with Crippen LogP contribution >= 0.6 is 0 Å². The molecule has 0 saturated carbocycles. The molecule has 0 amide bonds. The smallest absolute Gasteiger partial charge is 0.0181 e. The Bertz CT molecular complexity index is 539. The summed E-state index contributed by atoms with van der Waals surface area (Å²) in [5, 5.41) is 2.82. The summed E-state index contributed by atoms with van der Waals surface area (Å²) >= 11 is 0. The Balaban J connectivity index is 1.88. The zero-order valence-corrected chi connectivity index (χ0v) is 11.3. The molecule has 0 saturated heterocycles. The van der Waals surface area contributed by atoms with Crippen molar-refractivity contribution in [3.05, 3.63) is 47.5 Å². The Morgan fingerprint density at radius 3 is 2.50 bits per heavy atom. The molecule has 0 N–H and O–H groups in total. The lowest BCUT2D eigenvalue weighted by Crippen LogP contribution is -2.14. The number of aryl methyl sites for hydroxylation is 1. The molecule has 1 unspecified atom stereocenters. The number of unbranched alkanes of at least 4 members (excludes halogenated alkanes) is 1. The lowest BCUT2D eigenvalue weighted by molar-refractivity contribution is 0.413. The van der Waals surface area contributed by atoms with Gasteiger partial charge in [0.1, 0.15) is 0 Å². The minimum Gasteiger partial charge on any atom is -0.0654 e. The Hall–Kier alpha value is -1.30. The molecule has 0 fully saturated rings. The fraction of sp³-hybridized carbons (Fsp3) is 0.444. The molecule has 0 heterocycles. The average molecular weight is 238 g/mol. The molecule has 0 spiro atoms. The predicted molar refractivity (Wildman–Crippen MR) is 79.0 cm³/mol. The highest BCUT2D eigenvalue weighted by Gasteiger charge is 2.18. The maximum atomic E-state index is 2.43. The van der Waals surface area contributed by atoms with Crippen molar-refractivity contribution in [2.75, 3.05) is 0 Å². The van der Waals surface area contributed by atoms with Gasteiger partial charge in [-0.15, -0.1) is 0 Å². The zero-order valence-electron chi connectivity index (χ0n) is 11.3. The van der Waals surface area contributed by atoms with Crippen LogP contribution in [0, 0.1) is 5.92 Å². The molecule has 18 heavy (non-hydrogen) atoms. The van der Waals surface area contributed by atoms with Crippen molar-refractivity contribution < 1.29 is 0 Å². The van der Waals surface area contributed by atoms with Crippen molar-refractivity contribution in [3.63, 3.8) is 0 Å². The van der Waals surface area contributed by atoms with Gasteiger partial charge >= 0.3 is 0 Å². The van der Waals surface area contributed by atoms with Crippen LogP contribution < -0.4 is 0 Å². The molecule has 0 aliphatic heterocycles. The van der Waals surface area contributed by atoms with E-state index in [1.807, 2.05) is 0 Å². The predicted octanol–water partition coefficient (Wildman–Crippen LogP) is 5.13. The van der Waals surface area contributed by atoms with Gasteiger partial charge in [-0.3, -0.25) is 0 Å². The lowest BCUT2D eigenvalue weighted by atomic mass is 9.80. The monoisotopic (exact) mass is 238 g/mol. The second-order valence-electron chi connectivity index (χ2n) is 5.72. The van der Waals surface area contributed by atoms with Gasteiger partial charge in [0, 0.05) is 0 Å². The second-order valence-corrected chi connectivity index (χ2v) is 5.72. The summed E-state index contributed by atoms with van der Waals surface area (Å²) in [6.07, 6.45) is 8.14. The number of hydrogen-bond donors (Lipinski definition) is 0. The van der Waals surface area contributed by atoms with Crippen LogP contribution in [0.3, 0.4) is 0 Å². The summed E-state index contributed by atoms with van der Waals surface area (Å²) in [4.78, 5) is 0. The van der Waals surface area contributed by atoms with Crippen molar-refractivity contribution >= 4 is 10.8 Å². The standard InChI is InChI=1S/C18H22/c1-2-3-6-14-9-10-17-12-15-7-4-5-8-16(15)13-18(17)11-14/h4-5,7-8,12-14H,2-3,6,9-11H2,1H3. The molecule has 0 aromatic heterocycles. The lowest BCUT2D eigenvalue weighted by Gasteiger charge is -2.25. The Kier molecular flexibility index (Phi) is 3.36. The third kappa shape index (κ3) is 2.29. The van der Waals surface area contributed by atoms with E-state index in [4.69, 9.17) is 0 Å². The largest absolute Gasteiger partial charge is 0.0654 e. The molecular weight excluding hydrogens is 216 g/mol. The van der Waals surface area contributed by atoms with Crippen molar-refractivity contribution in [1.29, 1.82) is 0 Å². The van der Waals surface area contributed by atoms with Crippen LogP contribution in [-0.2, 0) is 12.8 Å². The first-order valence-electron chi connectivity index (χ1n) is 7.37. The van der Waals surface area contributed by atoms with Gasteiger partial charge in [-0.25, -0.2) is 0 Å².